The largest absolute Gasteiger partial charge is 0.396 e. The number of thioether (sulfide) groups is 1. The Morgan fingerprint density at radius 1 is 1.20 bits per heavy atom. The molecule has 2 nitrogen and oxygen atoms in total. The highest BCUT2D eigenvalue weighted by Crippen LogP contribution is 2.29. The molecule has 88 valence electrons. The Bertz CT molecular complexity index is 178. The van der Waals surface area contributed by atoms with E-state index in [0.717, 1.165) is 18.5 Å². The van der Waals surface area contributed by atoms with Crippen molar-refractivity contribution in [2.24, 2.45) is 11.8 Å². The van der Waals surface area contributed by atoms with Gasteiger partial charge in [0.1, 0.15) is 0 Å². The lowest BCUT2D eigenvalue weighted by Gasteiger charge is -2.33. The van der Waals surface area contributed by atoms with Crippen LogP contribution in [0.25, 0.3) is 0 Å². The first kappa shape index (κ1) is 11.7. The van der Waals surface area contributed by atoms with Crippen LogP contribution in [0.15, 0.2) is 0 Å². The molecule has 15 heavy (non-hydrogen) atoms. The number of rotatable bonds is 5. The lowest BCUT2D eigenvalue weighted by atomic mass is 9.86. The van der Waals surface area contributed by atoms with E-state index < -0.39 is 0 Å². The van der Waals surface area contributed by atoms with Gasteiger partial charge in [-0.2, -0.15) is 11.8 Å². The summed E-state index contributed by atoms with van der Waals surface area (Å²) in [6.07, 6.45) is 6.70. The number of hydrogen-bond acceptors (Lipinski definition) is 3. The maximum atomic E-state index is 9.44. The zero-order valence-corrected chi connectivity index (χ0v) is 10.3. The van der Waals surface area contributed by atoms with Crippen LogP contribution in [0.5, 0.6) is 0 Å². The highest BCUT2D eigenvalue weighted by atomic mass is 32.2. The third-order valence-electron chi connectivity index (χ3n) is 3.94. The zero-order chi connectivity index (χ0) is 10.5. The van der Waals surface area contributed by atoms with Gasteiger partial charge >= 0.3 is 0 Å². The van der Waals surface area contributed by atoms with Crippen LogP contribution in [-0.4, -0.2) is 35.8 Å². The molecule has 0 aromatic heterocycles. The van der Waals surface area contributed by atoms with Crippen LogP contribution in [-0.2, 0) is 0 Å². The number of nitrogens with one attached hydrogen (secondary N) is 1. The van der Waals surface area contributed by atoms with Gasteiger partial charge in [-0.05, 0) is 49.0 Å². The lowest BCUT2D eigenvalue weighted by Crippen LogP contribution is -2.41. The SMILES string of the molecule is OCC(CNC1CCC1)C1CCSCC1. The molecule has 0 aromatic rings. The normalized spacial score (nSPS) is 26.2. The summed E-state index contributed by atoms with van der Waals surface area (Å²) in [5, 5.41) is 13.0. The van der Waals surface area contributed by atoms with Gasteiger partial charge in [-0.25, -0.2) is 0 Å². The molecule has 2 aliphatic rings. The summed E-state index contributed by atoms with van der Waals surface area (Å²) in [4.78, 5) is 0. The quantitative estimate of drug-likeness (QED) is 0.755. The fourth-order valence-electron chi connectivity index (χ4n) is 2.50. The molecular formula is C12H23NOS. The minimum absolute atomic E-state index is 0.370. The molecule has 2 fully saturated rings. The molecule has 1 unspecified atom stereocenters. The Morgan fingerprint density at radius 2 is 1.93 bits per heavy atom. The molecule has 0 spiro atoms. The van der Waals surface area contributed by atoms with Gasteiger partial charge in [0.25, 0.3) is 0 Å². The Morgan fingerprint density at radius 3 is 2.47 bits per heavy atom. The predicted molar refractivity (Wildman–Crippen MR) is 66.3 cm³/mol. The van der Waals surface area contributed by atoms with Crippen molar-refractivity contribution in [1.29, 1.82) is 0 Å². The van der Waals surface area contributed by atoms with Gasteiger partial charge in [-0.15, -0.1) is 0 Å². The Balaban J connectivity index is 1.69. The van der Waals surface area contributed by atoms with Crippen LogP contribution < -0.4 is 5.32 Å². The van der Waals surface area contributed by atoms with Gasteiger partial charge in [0.05, 0.1) is 0 Å². The van der Waals surface area contributed by atoms with Gasteiger partial charge in [0, 0.05) is 19.2 Å². The summed E-state index contributed by atoms with van der Waals surface area (Å²) in [6, 6.07) is 0.761. The van der Waals surface area contributed by atoms with E-state index in [1.54, 1.807) is 0 Å². The highest BCUT2D eigenvalue weighted by molar-refractivity contribution is 7.99. The zero-order valence-electron chi connectivity index (χ0n) is 9.45. The molecule has 1 heterocycles. The molecule has 2 rings (SSSR count). The van der Waals surface area contributed by atoms with E-state index in [0.29, 0.717) is 12.5 Å². The van der Waals surface area contributed by atoms with Crippen molar-refractivity contribution in [3.63, 3.8) is 0 Å². The molecule has 1 aliphatic carbocycles. The molecule has 1 atom stereocenters. The number of aliphatic hydroxyl groups excluding tert-OH is 1. The topological polar surface area (TPSA) is 32.3 Å². The van der Waals surface area contributed by atoms with E-state index in [4.69, 9.17) is 0 Å². The molecule has 0 amide bonds. The molecular weight excluding hydrogens is 206 g/mol. The van der Waals surface area contributed by atoms with Crippen LogP contribution in [0.2, 0.25) is 0 Å². The highest BCUT2D eigenvalue weighted by Gasteiger charge is 2.25. The Kier molecular flexibility index (Phi) is 4.79. The maximum absolute atomic E-state index is 9.44. The van der Waals surface area contributed by atoms with Gasteiger partial charge in [0.2, 0.25) is 0 Å². The monoisotopic (exact) mass is 229 g/mol. The molecule has 0 radical (unpaired) electrons. The second-order valence-electron chi connectivity index (χ2n) is 4.93. The average Bonchev–Trinajstić information content (AvgIpc) is 2.23. The lowest BCUT2D eigenvalue weighted by molar-refractivity contribution is 0.156. The molecule has 0 aromatic carbocycles. The first-order valence-electron chi connectivity index (χ1n) is 6.32. The third-order valence-corrected chi connectivity index (χ3v) is 4.99. The fraction of sp³-hybridized carbons (Fsp3) is 1.00. The van der Waals surface area contributed by atoms with Crippen LogP contribution in [0.1, 0.15) is 32.1 Å². The van der Waals surface area contributed by atoms with Gasteiger partial charge in [-0.1, -0.05) is 6.42 Å². The standard InChI is InChI=1S/C12H23NOS/c14-9-11(8-13-12-2-1-3-12)10-4-6-15-7-5-10/h10-14H,1-9H2. The molecule has 0 bridgehead atoms. The van der Waals surface area contributed by atoms with E-state index in [1.165, 1.54) is 43.6 Å². The van der Waals surface area contributed by atoms with E-state index in [2.05, 4.69) is 17.1 Å². The minimum atomic E-state index is 0.370. The van der Waals surface area contributed by atoms with Crippen molar-refractivity contribution in [1.82, 2.24) is 5.32 Å². The van der Waals surface area contributed by atoms with E-state index >= 15 is 0 Å². The summed E-state index contributed by atoms with van der Waals surface area (Å²) in [7, 11) is 0. The summed E-state index contributed by atoms with van der Waals surface area (Å²) >= 11 is 2.06. The van der Waals surface area contributed by atoms with Crippen LogP contribution in [0.3, 0.4) is 0 Å². The molecule has 3 heteroatoms. The van der Waals surface area contributed by atoms with Crippen molar-refractivity contribution >= 4 is 11.8 Å². The molecule has 1 saturated heterocycles. The van der Waals surface area contributed by atoms with Crippen LogP contribution >= 0.6 is 11.8 Å². The van der Waals surface area contributed by atoms with Gasteiger partial charge in [0.15, 0.2) is 0 Å². The number of hydrogen-bond donors (Lipinski definition) is 2. The maximum Gasteiger partial charge on any atom is 0.0474 e. The first-order chi connectivity index (χ1) is 7.40. The van der Waals surface area contributed by atoms with E-state index in [9.17, 15) is 5.11 Å². The van der Waals surface area contributed by atoms with E-state index in [-0.39, 0.29) is 0 Å². The average molecular weight is 229 g/mol. The Labute approximate surface area is 97.2 Å². The summed E-state index contributed by atoms with van der Waals surface area (Å²) < 4.78 is 0. The van der Waals surface area contributed by atoms with Crippen molar-refractivity contribution in [3.8, 4) is 0 Å². The predicted octanol–water partition coefficient (Wildman–Crippen LogP) is 1.88. The Hall–Kier alpha value is 0.270. The fourth-order valence-corrected chi connectivity index (χ4v) is 3.64. The van der Waals surface area contributed by atoms with Crippen LogP contribution in [0, 0.1) is 11.8 Å². The first-order valence-corrected chi connectivity index (χ1v) is 7.47. The summed E-state index contributed by atoms with van der Waals surface area (Å²) in [5.74, 6) is 3.87. The van der Waals surface area contributed by atoms with Crippen molar-refractivity contribution < 1.29 is 5.11 Å². The molecule has 1 aliphatic heterocycles. The third kappa shape index (κ3) is 3.36. The summed E-state index contributed by atoms with van der Waals surface area (Å²) in [6.45, 7) is 1.41. The smallest absolute Gasteiger partial charge is 0.0474 e. The van der Waals surface area contributed by atoms with Crippen molar-refractivity contribution in [2.45, 2.75) is 38.1 Å². The minimum Gasteiger partial charge on any atom is -0.396 e. The molecule has 2 N–H and O–H groups in total. The van der Waals surface area contributed by atoms with Gasteiger partial charge < -0.3 is 10.4 Å². The second-order valence-corrected chi connectivity index (χ2v) is 6.15. The molecule has 1 saturated carbocycles. The second kappa shape index (κ2) is 6.12. The number of aliphatic hydroxyl groups is 1. The van der Waals surface area contributed by atoms with E-state index in [1.807, 2.05) is 0 Å². The summed E-state index contributed by atoms with van der Waals surface area (Å²) in [5.41, 5.74) is 0. The van der Waals surface area contributed by atoms with Crippen LogP contribution in [0.4, 0.5) is 0 Å². The van der Waals surface area contributed by atoms with Crippen molar-refractivity contribution in [2.75, 3.05) is 24.7 Å². The van der Waals surface area contributed by atoms with Gasteiger partial charge in [-0.3, -0.25) is 0 Å². The van der Waals surface area contributed by atoms with Crippen molar-refractivity contribution in [3.05, 3.63) is 0 Å².